The van der Waals surface area contributed by atoms with Gasteiger partial charge >= 0.3 is 0 Å². The number of anilines is 2. The minimum Gasteiger partial charge on any atom is -0.378 e. The summed E-state index contributed by atoms with van der Waals surface area (Å²) in [4.78, 5) is 26.0. The van der Waals surface area contributed by atoms with E-state index in [-0.39, 0.29) is 53.7 Å². The summed E-state index contributed by atoms with van der Waals surface area (Å²) in [6.45, 7) is -2.88. The summed E-state index contributed by atoms with van der Waals surface area (Å²) in [6.07, 6.45) is 1.86. The number of rotatable bonds is 5. The van der Waals surface area contributed by atoms with Gasteiger partial charge in [0.2, 0.25) is 5.91 Å². The van der Waals surface area contributed by atoms with Crippen molar-refractivity contribution in [3.05, 3.63) is 42.5 Å². The average molecular weight is 484 g/mol. The molecule has 0 spiro atoms. The van der Waals surface area contributed by atoms with Crippen LogP contribution in [0.15, 0.2) is 36.8 Å². The van der Waals surface area contributed by atoms with Crippen molar-refractivity contribution >= 4 is 33.8 Å². The third-order valence-corrected chi connectivity index (χ3v) is 6.17. The third-order valence-electron chi connectivity index (χ3n) is 6.17. The molecule has 0 bridgehead atoms. The van der Waals surface area contributed by atoms with Gasteiger partial charge < -0.3 is 15.0 Å². The SMILES string of the molecule is [2H]C1([2H])COCC([2H])([2H])N1c1ccc2nc(-c3cnc(C(F)F)c4cnc(NC(=O)[C@H]5C[C@H]5C)cc34)nn2c1. The van der Waals surface area contributed by atoms with E-state index in [0.29, 0.717) is 16.6 Å². The van der Waals surface area contributed by atoms with Crippen LogP contribution in [0.2, 0.25) is 0 Å². The van der Waals surface area contributed by atoms with Crippen LogP contribution >= 0.6 is 0 Å². The lowest BCUT2D eigenvalue weighted by Gasteiger charge is -2.28. The van der Waals surface area contributed by atoms with Gasteiger partial charge in [0.05, 0.1) is 30.6 Å². The van der Waals surface area contributed by atoms with Gasteiger partial charge in [-0.2, -0.15) is 0 Å². The molecule has 2 atom stereocenters. The molecule has 6 rings (SSSR count). The predicted molar refractivity (Wildman–Crippen MR) is 125 cm³/mol. The van der Waals surface area contributed by atoms with E-state index in [0.717, 1.165) is 11.3 Å². The molecule has 4 aromatic rings. The maximum atomic E-state index is 13.7. The molecule has 1 amide bonds. The normalized spacial score (nSPS) is 24.6. The Morgan fingerprint density at radius 1 is 1.23 bits per heavy atom. The van der Waals surface area contributed by atoms with Gasteiger partial charge in [0.15, 0.2) is 11.5 Å². The highest BCUT2D eigenvalue weighted by atomic mass is 19.3. The Balaban J connectivity index is 1.43. The van der Waals surface area contributed by atoms with Crippen LogP contribution in [0.4, 0.5) is 20.3 Å². The van der Waals surface area contributed by atoms with Crippen molar-refractivity contribution in [1.29, 1.82) is 0 Å². The first-order valence-electron chi connectivity index (χ1n) is 13.1. The fourth-order valence-corrected chi connectivity index (χ4v) is 4.11. The number of carbonyl (C=O) groups excluding carboxylic acids is 1. The van der Waals surface area contributed by atoms with Crippen LogP contribution < -0.4 is 10.2 Å². The Morgan fingerprint density at radius 3 is 2.77 bits per heavy atom. The van der Waals surface area contributed by atoms with Crippen molar-refractivity contribution < 1.29 is 23.8 Å². The number of alkyl halides is 2. The molecule has 2 aliphatic rings. The number of amides is 1. The first kappa shape index (κ1) is 17.7. The van der Waals surface area contributed by atoms with Crippen molar-refractivity contribution in [2.45, 2.75) is 19.8 Å². The van der Waals surface area contributed by atoms with Crippen LogP contribution in [0, 0.1) is 11.8 Å². The van der Waals surface area contributed by atoms with Crippen molar-refractivity contribution in [3.63, 3.8) is 0 Å². The standard InChI is InChI=1S/C24H23F2N7O2/c1-13-8-15(13)24(34)29-19-9-16-17(10-27-19)21(22(25)26)28-11-18(16)23-30-20-3-2-14(12-33(20)31-23)32-4-6-35-7-5-32/h2-3,9-13,15,22H,4-8H2,1H3,(H,27,29,34)/t13-,15+/m1/s1/i4D2,5D2. The zero-order valence-corrected chi connectivity index (χ0v) is 18.6. The largest absolute Gasteiger partial charge is 0.378 e. The molecule has 1 saturated carbocycles. The lowest BCUT2D eigenvalue weighted by molar-refractivity contribution is -0.117. The Morgan fingerprint density at radius 2 is 2.03 bits per heavy atom. The van der Waals surface area contributed by atoms with Crippen LogP contribution in [0.25, 0.3) is 27.8 Å². The second kappa shape index (κ2) is 8.49. The second-order valence-corrected chi connectivity index (χ2v) is 8.55. The molecule has 5 heterocycles. The molecule has 4 aromatic heterocycles. The number of pyridine rings is 3. The number of fused-ring (bicyclic) bond motifs is 2. The van der Waals surface area contributed by atoms with E-state index in [9.17, 15) is 13.6 Å². The number of ether oxygens (including phenoxy) is 1. The van der Waals surface area contributed by atoms with E-state index in [1.54, 1.807) is 6.07 Å². The molecule has 0 radical (unpaired) electrons. The topological polar surface area (TPSA) is 97.5 Å². The minimum absolute atomic E-state index is 0.0922. The number of morpholine rings is 1. The molecule has 35 heavy (non-hydrogen) atoms. The van der Waals surface area contributed by atoms with Crippen LogP contribution in [-0.4, -0.2) is 56.7 Å². The maximum Gasteiger partial charge on any atom is 0.281 e. The zero-order chi connectivity index (χ0) is 27.7. The summed E-state index contributed by atoms with van der Waals surface area (Å²) in [5.41, 5.74) is 0.448. The number of hydrogen-bond acceptors (Lipinski definition) is 7. The zero-order valence-electron chi connectivity index (χ0n) is 22.6. The van der Waals surface area contributed by atoms with Gasteiger partial charge in [0.1, 0.15) is 11.5 Å². The van der Waals surface area contributed by atoms with Crippen LogP contribution in [0.3, 0.4) is 0 Å². The van der Waals surface area contributed by atoms with Gasteiger partial charge in [-0.25, -0.2) is 23.3 Å². The van der Waals surface area contributed by atoms with Gasteiger partial charge in [-0.1, -0.05) is 6.92 Å². The fourth-order valence-electron chi connectivity index (χ4n) is 4.11. The predicted octanol–water partition coefficient (Wildman–Crippen LogP) is 3.71. The van der Waals surface area contributed by atoms with Crippen molar-refractivity contribution in [2.24, 2.45) is 11.8 Å². The minimum atomic E-state index is -2.86. The van der Waals surface area contributed by atoms with Crippen molar-refractivity contribution in [2.75, 3.05) is 36.4 Å². The first-order valence-corrected chi connectivity index (χ1v) is 11.1. The van der Waals surface area contributed by atoms with E-state index in [1.165, 1.54) is 35.2 Å². The maximum absolute atomic E-state index is 13.7. The number of halogens is 2. The number of nitrogens with one attached hydrogen (secondary N) is 1. The average Bonchev–Trinajstić information content (AvgIpc) is 3.44. The van der Waals surface area contributed by atoms with Gasteiger partial charge in [-0.15, -0.1) is 5.10 Å². The molecule has 0 unspecified atom stereocenters. The van der Waals surface area contributed by atoms with Gasteiger partial charge in [-0.05, 0) is 30.5 Å². The van der Waals surface area contributed by atoms with E-state index < -0.39 is 25.1 Å². The highest BCUT2D eigenvalue weighted by Crippen LogP contribution is 2.39. The quantitative estimate of drug-likeness (QED) is 0.462. The summed E-state index contributed by atoms with van der Waals surface area (Å²) < 4.78 is 67.0. The molecule has 1 N–H and O–H groups in total. The molecular formula is C24H23F2N7O2. The van der Waals surface area contributed by atoms with Crippen LogP contribution in [-0.2, 0) is 9.53 Å². The summed E-state index contributed by atoms with van der Waals surface area (Å²) in [5, 5.41) is 7.63. The van der Waals surface area contributed by atoms with Crippen LogP contribution in [0.5, 0.6) is 0 Å². The first-order chi connectivity index (χ1) is 18.4. The number of carbonyl (C=O) groups is 1. The highest BCUT2D eigenvalue weighted by molar-refractivity contribution is 6.00. The highest BCUT2D eigenvalue weighted by Gasteiger charge is 2.39. The number of hydrogen-bond donors (Lipinski definition) is 1. The van der Waals surface area contributed by atoms with E-state index in [4.69, 9.17) is 10.2 Å². The van der Waals surface area contributed by atoms with Gasteiger partial charge in [-0.3, -0.25) is 9.78 Å². The summed E-state index contributed by atoms with van der Waals surface area (Å²) >= 11 is 0. The van der Waals surface area contributed by atoms with Crippen LogP contribution in [0.1, 0.15) is 30.9 Å². The van der Waals surface area contributed by atoms with E-state index in [1.807, 2.05) is 6.92 Å². The van der Waals surface area contributed by atoms with Crippen molar-refractivity contribution in [3.8, 4) is 11.4 Å². The lowest BCUT2D eigenvalue weighted by atomic mass is 10.1. The smallest absolute Gasteiger partial charge is 0.281 e. The van der Waals surface area contributed by atoms with E-state index >= 15 is 0 Å². The molecule has 11 heteroatoms. The summed E-state index contributed by atoms with van der Waals surface area (Å²) in [6, 6.07) is 4.58. The molecule has 0 aromatic carbocycles. The number of aromatic nitrogens is 5. The monoisotopic (exact) mass is 483 g/mol. The van der Waals surface area contributed by atoms with E-state index in [2.05, 4.69) is 25.4 Å². The Bertz CT molecular complexity index is 1600. The summed E-state index contributed by atoms with van der Waals surface area (Å²) in [5.74, 6) is 0.361. The lowest BCUT2D eigenvalue weighted by Crippen LogP contribution is -2.36. The summed E-state index contributed by atoms with van der Waals surface area (Å²) in [7, 11) is 0. The Kier molecular flexibility index (Phi) is 4.29. The Labute approximate surface area is 204 Å². The third kappa shape index (κ3) is 4.05. The molecule has 1 aliphatic heterocycles. The molecule has 1 saturated heterocycles. The fraction of sp³-hybridized carbons (Fsp3) is 0.375. The molecular weight excluding hydrogens is 456 g/mol. The number of nitrogens with zero attached hydrogens (tertiary/aromatic N) is 6. The molecule has 2 fully saturated rings. The Hall–Kier alpha value is -3.73. The molecule has 180 valence electrons. The van der Waals surface area contributed by atoms with Gasteiger partial charge in [0, 0.05) is 47.6 Å². The molecule has 9 nitrogen and oxygen atoms in total. The second-order valence-electron chi connectivity index (χ2n) is 8.55. The molecule has 1 aliphatic carbocycles. The van der Waals surface area contributed by atoms with Gasteiger partial charge in [0.25, 0.3) is 6.43 Å². The van der Waals surface area contributed by atoms with Crippen molar-refractivity contribution in [1.82, 2.24) is 24.6 Å².